The second-order valence-corrected chi connectivity index (χ2v) is 10.7. The van der Waals surface area contributed by atoms with Crippen LogP contribution in [0, 0.1) is 17.8 Å². The van der Waals surface area contributed by atoms with E-state index in [-0.39, 0.29) is 11.6 Å². The SMILES string of the molecule is O=C(NCc1ccc(C(O)c2ccsc2)s1)NC12CC3CC(CC(C3)C1)C2. The lowest BCUT2D eigenvalue weighted by Crippen LogP contribution is -2.61. The molecular weight excluding hydrogens is 376 g/mol. The number of hydrogen-bond donors (Lipinski definition) is 3. The molecular formula is C21H26N2O2S2. The Labute approximate surface area is 168 Å². The smallest absolute Gasteiger partial charge is 0.315 e. The predicted octanol–water partition coefficient (Wildman–Crippen LogP) is 4.66. The normalized spacial score (nSPS) is 32.4. The molecule has 2 aromatic rings. The quantitative estimate of drug-likeness (QED) is 0.681. The predicted molar refractivity (Wildman–Crippen MR) is 109 cm³/mol. The molecule has 4 aliphatic rings. The first-order chi connectivity index (χ1) is 13.1. The van der Waals surface area contributed by atoms with Crippen LogP contribution in [0.1, 0.15) is 59.9 Å². The fourth-order valence-corrected chi connectivity index (χ4v) is 7.59. The fourth-order valence-electron chi connectivity index (χ4n) is 5.95. The minimum Gasteiger partial charge on any atom is -0.383 e. The number of thiophene rings is 2. The van der Waals surface area contributed by atoms with Crippen molar-refractivity contribution in [2.45, 2.75) is 56.7 Å². The van der Waals surface area contributed by atoms with Crippen LogP contribution in [0.25, 0.3) is 0 Å². The highest BCUT2D eigenvalue weighted by Gasteiger charge is 2.51. The van der Waals surface area contributed by atoms with Crippen LogP contribution in [0.3, 0.4) is 0 Å². The molecule has 6 rings (SSSR count). The van der Waals surface area contributed by atoms with Gasteiger partial charge in [0.1, 0.15) is 6.10 Å². The van der Waals surface area contributed by atoms with Crippen LogP contribution in [0.4, 0.5) is 4.79 Å². The van der Waals surface area contributed by atoms with Crippen molar-refractivity contribution in [2.24, 2.45) is 17.8 Å². The molecule has 0 saturated heterocycles. The first-order valence-electron chi connectivity index (χ1n) is 9.93. The molecule has 27 heavy (non-hydrogen) atoms. The molecule has 2 heterocycles. The van der Waals surface area contributed by atoms with E-state index in [9.17, 15) is 9.90 Å². The first kappa shape index (κ1) is 17.7. The largest absolute Gasteiger partial charge is 0.383 e. The maximum atomic E-state index is 12.6. The molecule has 4 fully saturated rings. The zero-order valence-corrected chi connectivity index (χ0v) is 17.0. The maximum absolute atomic E-state index is 12.6. The van der Waals surface area contributed by atoms with Gasteiger partial charge in [-0.05, 0) is 90.8 Å². The van der Waals surface area contributed by atoms with Crippen molar-refractivity contribution < 1.29 is 9.90 Å². The summed E-state index contributed by atoms with van der Waals surface area (Å²) in [6.07, 6.45) is 7.08. The van der Waals surface area contributed by atoms with Gasteiger partial charge < -0.3 is 15.7 Å². The van der Waals surface area contributed by atoms with E-state index in [4.69, 9.17) is 0 Å². The van der Waals surface area contributed by atoms with Crippen LogP contribution in [0.2, 0.25) is 0 Å². The number of urea groups is 1. The molecule has 0 spiro atoms. The summed E-state index contributed by atoms with van der Waals surface area (Å²) in [6, 6.07) is 5.87. The van der Waals surface area contributed by atoms with Crippen molar-refractivity contribution >= 4 is 28.7 Å². The highest BCUT2D eigenvalue weighted by molar-refractivity contribution is 7.12. The van der Waals surface area contributed by atoms with Crippen molar-refractivity contribution in [1.82, 2.24) is 10.6 Å². The Morgan fingerprint density at radius 1 is 1.15 bits per heavy atom. The highest BCUT2D eigenvalue weighted by Crippen LogP contribution is 2.55. The lowest BCUT2D eigenvalue weighted by Gasteiger charge is -2.56. The van der Waals surface area contributed by atoms with Crippen LogP contribution >= 0.6 is 22.7 Å². The van der Waals surface area contributed by atoms with E-state index in [1.807, 2.05) is 29.0 Å². The topological polar surface area (TPSA) is 61.4 Å². The summed E-state index contributed by atoms with van der Waals surface area (Å²) in [7, 11) is 0. The second kappa shape index (κ2) is 6.90. The van der Waals surface area contributed by atoms with E-state index in [0.717, 1.165) is 33.1 Å². The Hall–Kier alpha value is -1.37. The third-order valence-corrected chi connectivity index (χ3v) is 8.49. The first-order valence-corrected chi connectivity index (χ1v) is 11.7. The number of rotatable bonds is 5. The Kier molecular flexibility index (Phi) is 4.53. The van der Waals surface area contributed by atoms with Crippen LogP contribution < -0.4 is 10.6 Å². The van der Waals surface area contributed by atoms with Crippen molar-refractivity contribution in [3.05, 3.63) is 44.3 Å². The lowest BCUT2D eigenvalue weighted by molar-refractivity contribution is -0.0135. The number of nitrogens with one attached hydrogen (secondary N) is 2. The third-order valence-electron chi connectivity index (χ3n) is 6.65. The minimum atomic E-state index is -0.573. The molecule has 4 bridgehead atoms. The van der Waals surface area contributed by atoms with Gasteiger partial charge in [-0.2, -0.15) is 11.3 Å². The van der Waals surface area contributed by atoms with Gasteiger partial charge in [0, 0.05) is 15.3 Å². The van der Waals surface area contributed by atoms with Crippen LogP contribution in [0.15, 0.2) is 29.0 Å². The molecule has 6 heteroatoms. The van der Waals surface area contributed by atoms with Gasteiger partial charge in [-0.25, -0.2) is 4.79 Å². The van der Waals surface area contributed by atoms with Gasteiger partial charge >= 0.3 is 6.03 Å². The number of amides is 2. The van der Waals surface area contributed by atoms with Crippen LogP contribution in [-0.4, -0.2) is 16.7 Å². The van der Waals surface area contributed by atoms with Gasteiger partial charge in [-0.1, -0.05) is 0 Å². The molecule has 144 valence electrons. The monoisotopic (exact) mass is 402 g/mol. The fraction of sp³-hybridized carbons (Fsp3) is 0.571. The Bertz CT molecular complexity index is 779. The number of carbonyl (C=O) groups excluding carboxylic acids is 1. The van der Waals surface area contributed by atoms with Crippen molar-refractivity contribution in [2.75, 3.05) is 0 Å². The average Bonchev–Trinajstić information content (AvgIpc) is 3.30. The van der Waals surface area contributed by atoms with Gasteiger partial charge in [0.15, 0.2) is 0 Å². The van der Waals surface area contributed by atoms with Crippen LogP contribution in [-0.2, 0) is 6.54 Å². The molecule has 2 aromatic heterocycles. The molecule has 2 amide bonds. The number of aliphatic hydroxyl groups excluding tert-OH is 1. The van der Waals surface area contributed by atoms with Gasteiger partial charge in [-0.15, -0.1) is 11.3 Å². The van der Waals surface area contributed by atoms with E-state index in [1.54, 1.807) is 22.7 Å². The minimum absolute atomic E-state index is 0.0368. The summed E-state index contributed by atoms with van der Waals surface area (Å²) in [6.45, 7) is 0.513. The van der Waals surface area contributed by atoms with Crippen molar-refractivity contribution in [3.63, 3.8) is 0 Å². The zero-order valence-electron chi connectivity index (χ0n) is 15.3. The van der Waals surface area contributed by atoms with Crippen molar-refractivity contribution in [1.29, 1.82) is 0 Å². The van der Waals surface area contributed by atoms with E-state index < -0.39 is 6.10 Å². The van der Waals surface area contributed by atoms with E-state index in [0.29, 0.717) is 6.54 Å². The summed E-state index contributed by atoms with van der Waals surface area (Å²) in [5.74, 6) is 2.49. The average molecular weight is 403 g/mol. The Morgan fingerprint density at radius 3 is 2.48 bits per heavy atom. The van der Waals surface area contributed by atoms with Crippen LogP contribution in [0.5, 0.6) is 0 Å². The van der Waals surface area contributed by atoms with E-state index in [2.05, 4.69) is 10.6 Å². The molecule has 3 N–H and O–H groups in total. The highest BCUT2D eigenvalue weighted by atomic mass is 32.1. The standard InChI is InChI=1S/C21H26N2O2S2/c24-19(16-3-4-26-12-16)18-2-1-17(27-18)11-22-20(25)23-21-8-13-5-14(9-21)7-15(6-13)10-21/h1-4,12-15,19,24H,5-11H2,(H2,22,23,25). The molecule has 0 aromatic carbocycles. The second-order valence-electron chi connectivity index (χ2n) is 8.77. The number of hydrogen-bond acceptors (Lipinski definition) is 4. The summed E-state index contributed by atoms with van der Waals surface area (Å²) in [4.78, 5) is 14.6. The van der Waals surface area contributed by atoms with Gasteiger partial charge in [0.2, 0.25) is 0 Å². The Balaban J connectivity index is 1.17. The van der Waals surface area contributed by atoms with E-state index in [1.165, 1.54) is 38.5 Å². The molecule has 4 saturated carbocycles. The number of aliphatic hydroxyl groups is 1. The molecule has 0 aliphatic heterocycles. The molecule has 4 aliphatic carbocycles. The molecule has 4 nitrogen and oxygen atoms in total. The summed E-state index contributed by atoms with van der Waals surface area (Å²) >= 11 is 3.15. The summed E-state index contributed by atoms with van der Waals surface area (Å²) < 4.78 is 0. The molecule has 0 radical (unpaired) electrons. The summed E-state index contributed by atoms with van der Waals surface area (Å²) in [5, 5.41) is 20.8. The third kappa shape index (κ3) is 3.55. The van der Waals surface area contributed by atoms with Crippen molar-refractivity contribution in [3.8, 4) is 0 Å². The Morgan fingerprint density at radius 2 is 1.85 bits per heavy atom. The lowest BCUT2D eigenvalue weighted by atomic mass is 9.53. The summed E-state index contributed by atoms with van der Waals surface area (Å²) in [5.41, 5.74) is 0.982. The maximum Gasteiger partial charge on any atom is 0.315 e. The number of carbonyl (C=O) groups is 1. The van der Waals surface area contributed by atoms with Gasteiger partial charge in [-0.3, -0.25) is 0 Å². The van der Waals surface area contributed by atoms with E-state index >= 15 is 0 Å². The molecule has 1 unspecified atom stereocenters. The molecule has 1 atom stereocenters. The zero-order chi connectivity index (χ0) is 18.4. The van der Waals surface area contributed by atoms with Gasteiger partial charge in [0.05, 0.1) is 6.54 Å². The van der Waals surface area contributed by atoms with Gasteiger partial charge in [0.25, 0.3) is 0 Å².